The van der Waals surface area contributed by atoms with E-state index in [1.807, 2.05) is 0 Å². The van der Waals surface area contributed by atoms with Gasteiger partial charge in [-0.1, -0.05) is 44.1 Å². The minimum absolute atomic E-state index is 0.00409. The van der Waals surface area contributed by atoms with Crippen LogP contribution in [0.1, 0.15) is 47.8 Å². The summed E-state index contributed by atoms with van der Waals surface area (Å²) < 4.78 is 39.5. The predicted octanol–water partition coefficient (Wildman–Crippen LogP) is 3.06. The van der Waals surface area contributed by atoms with Crippen LogP contribution in [0.2, 0.25) is 0 Å². The van der Waals surface area contributed by atoms with E-state index in [0.29, 0.717) is 0 Å². The number of fused-ring (bicyclic) bond motifs is 1. The van der Waals surface area contributed by atoms with E-state index in [1.165, 1.54) is 24.1 Å². The topological polar surface area (TPSA) is 173 Å². The summed E-state index contributed by atoms with van der Waals surface area (Å²) >= 11 is 12.8. The smallest absolute Gasteiger partial charge is 0.323 e. The second-order valence-electron chi connectivity index (χ2n) is 10.6. The molecule has 0 spiro atoms. The predicted molar refractivity (Wildman–Crippen MR) is 156 cm³/mol. The Morgan fingerprint density at radius 2 is 2.02 bits per heavy atom. The number of halogens is 2. The number of aliphatic hydroxyl groups excluding tert-OH is 1. The number of ether oxygens (including phenoxy) is 2. The average molecular weight is 657 g/mol. The first-order valence-electron chi connectivity index (χ1n) is 12.6. The number of hydrogen-bond acceptors (Lipinski definition) is 13. The first kappa shape index (κ1) is 34.0. The third-order valence-corrected chi connectivity index (χ3v) is 9.99. The fourth-order valence-electron chi connectivity index (χ4n) is 3.56. The fourth-order valence-corrected chi connectivity index (χ4v) is 7.13. The van der Waals surface area contributed by atoms with Crippen LogP contribution >= 0.6 is 30.0 Å². The minimum Gasteiger partial charge on any atom is -0.462 e. The molecule has 0 amide bonds. The van der Waals surface area contributed by atoms with Crippen molar-refractivity contribution < 1.29 is 37.6 Å². The summed E-state index contributed by atoms with van der Waals surface area (Å²) in [6.07, 6.45) is -2.70. The third kappa shape index (κ3) is 8.33. The molecule has 0 saturated carbocycles. The van der Waals surface area contributed by atoms with Crippen LogP contribution in [-0.4, -0.2) is 84.2 Å². The van der Waals surface area contributed by atoms with Crippen molar-refractivity contribution in [1.29, 1.82) is 0 Å². The number of nitrogens with two attached hydrogens (primary N) is 1. The maximum absolute atomic E-state index is 15.6. The summed E-state index contributed by atoms with van der Waals surface area (Å²) in [5.74, 6) is -0.251. The van der Waals surface area contributed by atoms with Crippen molar-refractivity contribution in [1.82, 2.24) is 24.6 Å². The number of nitrogens with one attached hydrogen (secondary N) is 1. The van der Waals surface area contributed by atoms with Crippen molar-refractivity contribution in [3.05, 3.63) is 12.7 Å². The summed E-state index contributed by atoms with van der Waals surface area (Å²) in [4.78, 5) is 36.7. The lowest BCUT2D eigenvalue weighted by molar-refractivity contribution is -0.149. The highest BCUT2D eigenvalue weighted by Gasteiger charge is 2.58. The van der Waals surface area contributed by atoms with Crippen molar-refractivity contribution in [2.45, 2.75) is 77.3 Å². The molecule has 1 unspecified atom stereocenters. The highest BCUT2D eigenvalue weighted by atomic mass is 35.5. The first-order valence-corrected chi connectivity index (χ1v) is 16.7. The van der Waals surface area contributed by atoms with Gasteiger partial charge in [0.25, 0.3) is 11.8 Å². The van der Waals surface area contributed by atoms with Crippen LogP contribution in [0.5, 0.6) is 0 Å². The Labute approximate surface area is 251 Å². The molecule has 0 radical (unpaired) electrons. The van der Waals surface area contributed by atoms with Crippen molar-refractivity contribution in [2.24, 2.45) is 5.41 Å². The Balaban J connectivity index is 1.74. The number of imidazole rings is 1. The number of nitrogens with zero attached hydrogens (tertiary/aromatic N) is 4. The summed E-state index contributed by atoms with van der Waals surface area (Å²) in [7, 11) is 0. The first-order chi connectivity index (χ1) is 19.0. The lowest BCUT2D eigenvalue weighted by Crippen LogP contribution is -2.39. The van der Waals surface area contributed by atoms with E-state index < -0.39 is 54.2 Å². The van der Waals surface area contributed by atoms with E-state index in [0.717, 1.165) is 11.8 Å². The number of anilines is 1. The molecule has 1 fully saturated rings. The van der Waals surface area contributed by atoms with Gasteiger partial charge in [0.05, 0.1) is 25.6 Å². The normalized spacial score (nSPS) is 25.4. The van der Waals surface area contributed by atoms with Gasteiger partial charge in [0.1, 0.15) is 30.1 Å². The summed E-state index contributed by atoms with van der Waals surface area (Å²) in [6.45, 7) is 6.41. The van der Waals surface area contributed by atoms with Gasteiger partial charge in [-0.3, -0.25) is 14.2 Å². The van der Waals surface area contributed by atoms with Gasteiger partial charge < -0.3 is 29.4 Å². The van der Waals surface area contributed by atoms with Gasteiger partial charge in [-0.05, 0) is 32.6 Å². The lowest BCUT2D eigenvalue weighted by atomic mass is 10.00. The van der Waals surface area contributed by atoms with Gasteiger partial charge in [-0.15, -0.1) is 0 Å². The molecule has 230 valence electrons. The van der Waals surface area contributed by atoms with Crippen molar-refractivity contribution >= 4 is 69.9 Å². The van der Waals surface area contributed by atoms with Gasteiger partial charge in [-0.25, -0.2) is 24.4 Å². The second-order valence-corrected chi connectivity index (χ2v) is 15.4. The molecule has 2 aromatic heterocycles. The number of carbonyl (C=O) groups excluding carboxylic acids is 2. The molecule has 1 aliphatic heterocycles. The molecule has 3 heterocycles. The Morgan fingerprint density at radius 1 is 1.34 bits per heavy atom. The van der Waals surface area contributed by atoms with Crippen LogP contribution < -0.4 is 10.8 Å². The summed E-state index contributed by atoms with van der Waals surface area (Å²) in [5, 5.41) is 10.7. The molecule has 18 heteroatoms. The summed E-state index contributed by atoms with van der Waals surface area (Å²) in [5.41, 5.74) is 5.63. The minimum atomic E-state index is -3.47. The number of hydrogen-bond donors (Lipinski definition) is 3. The molecule has 0 bridgehead atoms. The van der Waals surface area contributed by atoms with Crippen LogP contribution in [0.15, 0.2) is 12.7 Å². The number of carbonyl (C=O) groups is 2. The molecule has 2 aromatic rings. The van der Waals surface area contributed by atoms with E-state index in [2.05, 4.69) is 20.0 Å². The van der Waals surface area contributed by atoms with Crippen molar-refractivity contribution in [2.75, 3.05) is 24.7 Å². The van der Waals surface area contributed by atoms with E-state index in [9.17, 15) is 14.7 Å². The monoisotopic (exact) mass is 656 g/mol. The Kier molecular flexibility index (Phi) is 11.1. The third-order valence-electron chi connectivity index (χ3n) is 5.68. The van der Waals surface area contributed by atoms with Gasteiger partial charge in [-0.2, -0.15) is 0 Å². The van der Waals surface area contributed by atoms with Gasteiger partial charge >= 0.3 is 5.97 Å². The molecule has 0 aromatic carbocycles. The molecule has 0 aliphatic carbocycles. The van der Waals surface area contributed by atoms with Crippen LogP contribution in [0.3, 0.4) is 0 Å². The van der Waals surface area contributed by atoms with Crippen molar-refractivity contribution in [3.63, 3.8) is 0 Å². The molecule has 13 nitrogen and oxygen atoms in total. The SMILES string of the molecule is CC(C)OC(=O)[C@H](C)NP(=S)(OCCSC(=O)C(C)(C)C)OC[C@H]1O[C@@H](n2cnc3c(N)ncnc32)[C@](F)(Cl)[C@@H]1O. The van der Waals surface area contributed by atoms with E-state index >= 15 is 4.39 Å². The zero-order valence-corrected chi connectivity index (χ0v) is 26.7. The maximum Gasteiger partial charge on any atom is 0.323 e. The molecular formula is C23H35ClFN6O7PS2. The maximum atomic E-state index is 15.6. The Morgan fingerprint density at radius 3 is 2.66 bits per heavy atom. The number of alkyl halides is 2. The number of aromatic nitrogens is 4. The molecule has 4 N–H and O–H groups in total. The summed E-state index contributed by atoms with van der Waals surface area (Å²) in [6, 6.07) is -0.926. The van der Waals surface area contributed by atoms with E-state index in [4.69, 9.17) is 47.7 Å². The molecule has 6 atom stereocenters. The zero-order chi connectivity index (χ0) is 30.8. The Bertz CT molecular complexity index is 1300. The number of rotatable bonds is 12. The number of esters is 1. The molecule has 3 rings (SSSR count). The standard InChI is InChI=1S/C23H35ClFN6O7PS2/c1-12(2)37-19(33)13(3)30-39(40,35-7-8-41-21(34)22(4,5)6)36-9-14-16(32)23(24,25)20(38-14)31-11-29-15-17(26)27-10-28-18(15)31/h10-14,16,20,32H,7-9H2,1-6H3,(H,30,40)(H2,26,27,28)/t13-,14+,16+,20+,23-,39?/m0/s1. The van der Waals surface area contributed by atoms with Crippen LogP contribution in [0, 0.1) is 5.41 Å². The zero-order valence-electron chi connectivity index (χ0n) is 23.4. The van der Waals surface area contributed by atoms with E-state index in [1.54, 1.807) is 34.6 Å². The second kappa shape index (κ2) is 13.4. The number of nitrogen functional groups attached to an aromatic ring is 1. The molecule has 41 heavy (non-hydrogen) atoms. The molecular weight excluding hydrogens is 622 g/mol. The Hall–Kier alpha value is -1.49. The van der Waals surface area contributed by atoms with Crippen LogP contribution in [0.4, 0.5) is 10.2 Å². The largest absolute Gasteiger partial charge is 0.462 e. The molecule has 1 saturated heterocycles. The number of thioether (sulfide) groups is 1. The van der Waals surface area contributed by atoms with Crippen molar-refractivity contribution in [3.8, 4) is 0 Å². The fraction of sp³-hybridized carbons (Fsp3) is 0.696. The van der Waals surface area contributed by atoms with E-state index in [-0.39, 0.29) is 40.6 Å². The van der Waals surface area contributed by atoms with Gasteiger partial charge in [0.15, 0.2) is 22.8 Å². The highest BCUT2D eigenvalue weighted by Crippen LogP contribution is 2.49. The average Bonchev–Trinajstić information content (AvgIpc) is 3.38. The van der Waals surface area contributed by atoms with Gasteiger partial charge in [0, 0.05) is 11.2 Å². The highest BCUT2D eigenvalue weighted by molar-refractivity contribution is 8.13. The quantitative estimate of drug-likeness (QED) is 0.132. The van der Waals surface area contributed by atoms with Gasteiger partial charge in [0.2, 0.25) is 0 Å². The molecule has 1 aliphatic rings. The van der Waals surface area contributed by atoms with Crippen LogP contribution in [-0.2, 0) is 39.9 Å². The number of aliphatic hydroxyl groups is 1. The van der Waals surface area contributed by atoms with Crippen LogP contribution in [0.25, 0.3) is 11.2 Å². The lowest BCUT2D eigenvalue weighted by Gasteiger charge is -2.28.